The van der Waals surface area contributed by atoms with Gasteiger partial charge in [0.2, 0.25) is 0 Å². The second-order valence-corrected chi connectivity index (χ2v) is 6.01. The minimum absolute atomic E-state index is 0.191. The topological polar surface area (TPSA) is 35.5 Å². The van der Waals surface area contributed by atoms with E-state index in [2.05, 4.69) is 38.0 Å². The Morgan fingerprint density at radius 2 is 2.00 bits per heavy atom. The highest BCUT2D eigenvalue weighted by molar-refractivity contribution is 4.80. The molecule has 3 heteroatoms. The number of nitrogens with zero attached hydrogens (tertiary/aromatic N) is 1. The normalized spacial score (nSPS) is 25.3. The van der Waals surface area contributed by atoms with Crippen LogP contribution in [-0.4, -0.2) is 48.8 Å². The maximum atomic E-state index is 10.1. The molecule has 3 unspecified atom stereocenters. The quantitative estimate of drug-likeness (QED) is 0.732. The lowest BCUT2D eigenvalue weighted by atomic mass is 9.91. The van der Waals surface area contributed by atoms with Gasteiger partial charge in [0.25, 0.3) is 0 Å². The van der Waals surface area contributed by atoms with Gasteiger partial charge >= 0.3 is 0 Å². The molecule has 0 saturated carbocycles. The predicted molar refractivity (Wildman–Crippen MR) is 77.8 cm³/mol. The number of hydrogen-bond donors (Lipinski definition) is 2. The van der Waals surface area contributed by atoms with Crippen molar-refractivity contribution in [1.29, 1.82) is 0 Å². The molecule has 0 bridgehead atoms. The summed E-state index contributed by atoms with van der Waals surface area (Å²) in [6.07, 6.45) is 4.57. The monoisotopic (exact) mass is 256 g/mol. The van der Waals surface area contributed by atoms with Gasteiger partial charge in [0.05, 0.1) is 6.10 Å². The minimum atomic E-state index is -0.191. The van der Waals surface area contributed by atoms with Crippen molar-refractivity contribution in [3.8, 4) is 0 Å². The summed E-state index contributed by atoms with van der Waals surface area (Å²) in [5, 5.41) is 13.7. The van der Waals surface area contributed by atoms with Crippen LogP contribution in [0.2, 0.25) is 0 Å². The van der Waals surface area contributed by atoms with Crippen molar-refractivity contribution in [1.82, 2.24) is 10.2 Å². The number of likely N-dealkylation sites (tertiary alicyclic amines) is 1. The van der Waals surface area contributed by atoms with Gasteiger partial charge in [-0.05, 0) is 45.2 Å². The van der Waals surface area contributed by atoms with Crippen LogP contribution in [0.4, 0.5) is 0 Å². The lowest BCUT2D eigenvalue weighted by molar-refractivity contribution is 0.0916. The molecule has 0 aromatic carbocycles. The van der Waals surface area contributed by atoms with Gasteiger partial charge in [-0.15, -0.1) is 0 Å². The third-order valence-electron chi connectivity index (χ3n) is 4.61. The number of piperidine rings is 1. The summed E-state index contributed by atoms with van der Waals surface area (Å²) in [5.41, 5.74) is 0. The van der Waals surface area contributed by atoms with Crippen LogP contribution in [0.5, 0.6) is 0 Å². The van der Waals surface area contributed by atoms with E-state index < -0.39 is 0 Å². The van der Waals surface area contributed by atoms with Crippen LogP contribution >= 0.6 is 0 Å². The Morgan fingerprint density at radius 1 is 1.33 bits per heavy atom. The fourth-order valence-corrected chi connectivity index (χ4v) is 3.09. The molecule has 3 nitrogen and oxygen atoms in total. The maximum absolute atomic E-state index is 10.1. The summed E-state index contributed by atoms with van der Waals surface area (Å²) in [5.74, 6) is 1.18. The number of aliphatic hydroxyl groups excluding tert-OH is 1. The van der Waals surface area contributed by atoms with Gasteiger partial charge < -0.3 is 15.3 Å². The average Bonchev–Trinajstić information content (AvgIpc) is 2.37. The molecule has 3 atom stereocenters. The summed E-state index contributed by atoms with van der Waals surface area (Å²) in [6.45, 7) is 9.76. The summed E-state index contributed by atoms with van der Waals surface area (Å²) in [4.78, 5) is 2.42. The number of rotatable bonds is 7. The molecule has 1 saturated heterocycles. The summed E-state index contributed by atoms with van der Waals surface area (Å²) >= 11 is 0. The first-order valence-corrected chi connectivity index (χ1v) is 7.68. The molecule has 2 N–H and O–H groups in total. The van der Waals surface area contributed by atoms with Gasteiger partial charge in [-0.25, -0.2) is 0 Å². The molecule has 0 aliphatic carbocycles. The number of nitrogens with one attached hydrogen (secondary N) is 1. The van der Waals surface area contributed by atoms with Crippen molar-refractivity contribution in [2.45, 2.75) is 58.6 Å². The first-order chi connectivity index (χ1) is 8.58. The van der Waals surface area contributed by atoms with E-state index in [1.54, 1.807) is 0 Å². The van der Waals surface area contributed by atoms with Crippen molar-refractivity contribution in [2.24, 2.45) is 11.8 Å². The average molecular weight is 256 g/mol. The Bertz CT molecular complexity index is 219. The molecule has 1 aliphatic rings. The number of hydrogen-bond acceptors (Lipinski definition) is 3. The molecule has 1 heterocycles. The molecular formula is C15H32N2O. The molecule has 1 fully saturated rings. The Labute approximate surface area is 113 Å². The van der Waals surface area contributed by atoms with E-state index in [9.17, 15) is 5.11 Å². The Balaban J connectivity index is 2.29. The Kier molecular flexibility index (Phi) is 7.20. The Hall–Kier alpha value is -0.120. The van der Waals surface area contributed by atoms with Crippen molar-refractivity contribution in [2.75, 3.05) is 26.7 Å². The second kappa shape index (κ2) is 8.13. The van der Waals surface area contributed by atoms with Crippen molar-refractivity contribution in [3.05, 3.63) is 0 Å². The minimum Gasteiger partial charge on any atom is -0.392 e. The molecule has 0 radical (unpaired) electrons. The smallest absolute Gasteiger partial charge is 0.0692 e. The van der Waals surface area contributed by atoms with Crippen molar-refractivity contribution in [3.63, 3.8) is 0 Å². The van der Waals surface area contributed by atoms with Gasteiger partial charge in [-0.3, -0.25) is 0 Å². The van der Waals surface area contributed by atoms with Crippen LogP contribution in [-0.2, 0) is 0 Å². The van der Waals surface area contributed by atoms with Crippen LogP contribution in [0.3, 0.4) is 0 Å². The van der Waals surface area contributed by atoms with Crippen LogP contribution in [0.25, 0.3) is 0 Å². The lowest BCUT2D eigenvalue weighted by Crippen LogP contribution is -2.46. The van der Waals surface area contributed by atoms with Crippen molar-refractivity contribution < 1.29 is 5.11 Å². The van der Waals surface area contributed by atoms with E-state index >= 15 is 0 Å². The standard InChI is InChI=1S/C15H32N2O/c1-5-13(6-2)15(18)10-16-12(3)14-8-7-9-17(4)11-14/h12-16,18H,5-11H2,1-4H3. The zero-order valence-electron chi connectivity index (χ0n) is 12.7. The van der Waals surface area contributed by atoms with Crippen LogP contribution in [0, 0.1) is 11.8 Å². The highest BCUT2D eigenvalue weighted by atomic mass is 16.3. The van der Waals surface area contributed by atoms with E-state index in [4.69, 9.17) is 0 Å². The fraction of sp³-hybridized carbons (Fsp3) is 1.00. The molecular weight excluding hydrogens is 224 g/mol. The molecule has 0 spiro atoms. The fourth-order valence-electron chi connectivity index (χ4n) is 3.09. The summed E-state index contributed by atoms with van der Waals surface area (Å²) in [6, 6.07) is 0.511. The first kappa shape index (κ1) is 15.9. The van der Waals surface area contributed by atoms with E-state index in [1.165, 1.54) is 25.9 Å². The molecule has 1 aliphatic heterocycles. The molecule has 1 rings (SSSR count). The van der Waals surface area contributed by atoms with E-state index in [1.807, 2.05) is 0 Å². The zero-order chi connectivity index (χ0) is 13.5. The summed E-state index contributed by atoms with van der Waals surface area (Å²) in [7, 11) is 2.21. The highest BCUT2D eigenvalue weighted by Crippen LogP contribution is 2.19. The molecule has 0 aromatic rings. The third kappa shape index (κ3) is 4.87. The Morgan fingerprint density at radius 3 is 2.56 bits per heavy atom. The largest absolute Gasteiger partial charge is 0.392 e. The third-order valence-corrected chi connectivity index (χ3v) is 4.61. The van der Waals surface area contributed by atoms with E-state index in [0.717, 1.165) is 25.3 Å². The lowest BCUT2D eigenvalue weighted by Gasteiger charge is -2.34. The molecule has 108 valence electrons. The van der Waals surface area contributed by atoms with Gasteiger partial charge in [0, 0.05) is 19.1 Å². The van der Waals surface area contributed by atoms with E-state index in [0.29, 0.717) is 12.0 Å². The van der Waals surface area contributed by atoms with Crippen LogP contribution < -0.4 is 5.32 Å². The van der Waals surface area contributed by atoms with Crippen LogP contribution in [0.15, 0.2) is 0 Å². The SMILES string of the molecule is CCC(CC)C(O)CNC(C)C1CCCN(C)C1. The summed E-state index contributed by atoms with van der Waals surface area (Å²) < 4.78 is 0. The van der Waals surface area contributed by atoms with Crippen LogP contribution in [0.1, 0.15) is 46.5 Å². The van der Waals surface area contributed by atoms with Gasteiger partial charge in [-0.2, -0.15) is 0 Å². The predicted octanol–water partition coefficient (Wildman–Crippen LogP) is 2.10. The molecule has 18 heavy (non-hydrogen) atoms. The maximum Gasteiger partial charge on any atom is 0.0692 e. The zero-order valence-corrected chi connectivity index (χ0v) is 12.7. The van der Waals surface area contributed by atoms with Gasteiger partial charge in [0.15, 0.2) is 0 Å². The highest BCUT2D eigenvalue weighted by Gasteiger charge is 2.23. The first-order valence-electron chi connectivity index (χ1n) is 7.68. The second-order valence-electron chi connectivity index (χ2n) is 6.01. The van der Waals surface area contributed by atoms with E-state index in [-0.39, 0.29) is 6.10 Å². The molecule has 0 aromatic heterocycles. The number of aliphatic hydroxyl groups is 1. The van der Waals surface area contributed by atoms with Gasteiger partial charge in [-0.1, -0.05) is 26.7 Å². The van der Waals surface area contributed by atoms with Gasteiger partial charge in [0.1, 0.15) is 0 Å². The van der Waals surface area contributed by atoms with Crippen molar-refractivity contribution >= 4 is 0 Å². The molecule has 0 amide bonds.